The van der Waals surface area contributed by atoms with Crippen LogP contribution in [0.5, 0.6) is 0 Å². The van der Waals surface area contributed by atoms with E-state index in [9.17, 15) is 9.59 Å². The van der Waals surface area contributed by atoms with Gasteiger partial charge < -0.3 is 9.64 Å². The summed E-state index contributed by atoms with van der Waals surface area (Å²) in [6, 6.07) is 0. The molecule has 0 N–H and O–H groups in total. The van der Waals surface area contributed by atoms with E-state index in [1.54, 1.807) is 4.90 Å². The minimum absolute atomic E-state index is 0.0357. The Labute approximate surface area is 121 Å². The summed E-state index contributed by atoms with van der Waals surface area (Å²) in [5.74, 6) is -0.307. The number of carbonyl (C=O) groups excluding carboxylic acids is 2. The van der Waals surface area contributed by atoms with Gasteiger partial charge in [-0.25, -0.2) is 0 Å². The highest BCUT2D eigenvalue weighted by Crippen LogP contribution is 2.29. The lowest BCUT2D eigenvalue weighted by molar-refractivity contribution is -0.146. The van der Waals surface area contributed by atoms with Crippen LogP contribution in [0, 0.1) is 12.8 Å². The molecule has 2 heterocycles. The largest absolute Gasteiger partial charge is 0.469 e. The molecule has 1 aromatic heterocycles. The number of nitrogens with zero attached hydrogens (tertiary/aromatic N) is 1. The van der Waals surface area contributed by atoms with Crippen LogP contribution in [-0.4, -0.2) is 37.0 Å². The maximum atomic E-state index is 12.3. The number of esters is 1. The standard InChI is InChI=1S/C13H16ClNO3S/c1-8-7-19-11(10(8)14)12(16)15-5-3-9(4-6-15)13(17)18-2/h7,9H,3-6H2,1-2H3. The Morgan fingerprint density at radius 1 is 1.42 bits per heavy atom. The van der Waals surface area contributed by atoms with E-state index in [4.69, 9.17) is 16.3 Å². The molecule has 0 unspecified atom stereocenters. The number of rotatable bonds is 2. The molecule has 4 nitrogen and oxygen atoms in total. The number of aryl methyl sites for hydroxylation is 1. The number of carbonyl (C=O) groups is 2. The number of piperidine rings is 1. The second-order valence-electron chi connectivity index (χ2n) is 4.65. The molecule has 19 heavy (non-hydrogen) atoms. The predicted octanol–water partition coefficient (Wildman–Crippen LogP) is 2.74. The van der Waals surface area contributed by atoms with Gasteiger partial charge >= 0.3 is 5.97 Å². The van der Waals surface area contributed by atoms with Crippen LogP contribution in [0.2, 0.25) is 5.02 Å². The minimum Gasteiger partial charge on any atom is -0.469 e. The van der Waals surface area contributed by atoms with Crippen molar-refractivity contribution in [3.05, 3.63) is 20.8 Å². The molecule has 1 aliphatic rings. The fourth-order valence-electron chi connectivity index (χ4n) is 2.20. The molecule has 0 saturated carbocycles. The third-order valence-corrected chi connectivity index (χ3v) is 5.10. The van der Waals surface area contributed by atoms with Crippen molar-refractivity contribution in [2.75, 3.05) is 20.2 Å². The molecule has 0 spiro atoms. The quantitative estimate of drug-likeness (QED) is 0.789. The number of ether oxygens (including phenoxy) is 1. The highest BCUT2D eigenvalue weighted by atomic mass is 35.5. The SMILES string of the molecule is COC(=O)C1CCN(C(=O)c2scc(C)c2Cl)CC1. The number of halogens is 1. The molecule has 1 aromatic rings. The normalized spacial score (nSPS) is 16.5. The van der Waals surface area contributed by atoms with Crippen molar-refractivity contribution in [1.29, 1.82) is 0 Å². The highest BCUT2D eigenvalue weighted by molar-refractivity contribution is 7.13. The average Bonchev–Trinajstić information content (AvgIpc) is 2.77. The second kappa shape index (κ2) is 5.92. The van der Waals surface area contributed by atoms with E-state index in [1.165, 1.54) is 18.4 Å². The Kier molecular flexibility index (Phi) is 4.47. The number of thiophene rings is 1. The van der Waals surface area contributed by atoms with E-state index >= 15 is 0 Å². The van der Waals surface area contributed by atoms with Crippen molar-refractivity contribution in [2.24, 2.45) is 5.92 Å². The van der Waals surface area contributed by atoms with Crippen molar-refractivity contribution in [2.45, 2.75) is 19.8 Å². The van der Waals surface area contributed by atoms with Gasteiger partial charge in [0, 0.05) is 13.1 Å². The van der Waals surface area contributed by atoms with Crippen LogP contribution in [0.1, 0.15) is 28.1 Å². The van der Waals surface area contributed by atoms with Crippen molar-refractivity contribution in [1.82, 2.24) is 4.90 Å². The van der Waals surface area contributed by atoms with Gasteiger partial charge in [-0.05, 0) is 30.7 Å². The predicted molar refractivity (Wildman–Crippen MR) is 74.7 cm³/mol. The lowest BCUT2D eigenvalue weighted by atomic mass is 9.97. The van der Waals surface area contributed by atoms with Gasteiger partial charge in [0.05, 0.1) is 18.1 Å². The summed E-state index contributed by atoms with van der Waals surface area (Å²) in [4.78, 5) is 26.1. The minimum atomic E-state index is -0.183. The van der Waals surface area contributed by atoms with Gasteiger partial charge in [-0.2, -0.15) is 0 Å². The number of methoxy groups -OCH3 is 1. The summed E-state index contributed by atoms with van der Waals surface area (Å²) in [6.07, 6.45) is 1.31. The summed E-state index contributed by atoms with van der Waals surface area (Å²) >= 11 is 7.49. The smallest absolute Gasteiger partial charge is 0.308 e. The summed E-state index contributed by atoms with van der Waals surface area (Å²) < 4.78 is 4.73. The number of hydrogen-bond donors (Lipinski definition) is 0. The molecule has 1 fully saturated rings. The molecule has 6 heteroatoms. The maximum Gasteiger partial charge on any atom is 0.308 e. The Bertz CT molecular complexity index is 492. The van der Waals surface area contributed by atoms with Crippen LogP contribution in [-0.2, 0) is 9.53 Å². The van der Waals surface area contributed by atoms with E-state index in [-0.39, 0.29) is 17.8 Å². The Balaban J connectivity index is 2.00. The first kappa shape index (κ1) is 14.3. The lowest BCUT2D eigenvalue weighted by Crippen LogP contribution is -2.40. The van der Waals surface area contributed by atoms with Gasteiger partial charge in [0.2, 0.25) is 0 Å². The Morgan fingerprint density at radius 3 is 2.53 bits per heavy atom. The second-order valence-corrected chi connectivity index (χ2v) is 5.91. The maximum absolute atomic E-state index is 12.3. The van der Waals surface area contributed by atoms with E-state index in [0.717, 1.165) is 5.56 Å². The zero-order valence-corrected chi connectivity index (χ0v) is 12.5. The van der Waals surface area contributed by atoms with Gasteiger partial charge in [-0.1, -0.05) is 11.6 Å². The van der Waals surface area contributed by atoms with E-state index in [1.807, 2.05) is 12.3 Å². The van der Waals surface area contributed by atoms with Crippen LogP contribution in [0.15, 0.2) is 5.38 Å². The lowest BCUT2D eigenvalue weighted by Gasteiger charge is -2.30. The topological polar surface area (TPSA) is 46.6 Å². The molecular formula is C13H16ClNO3S. The molecule has 1 amide bonds. The van der Waals surface area contributed by atoms with Gasteiger partial charge in [-0.15, -0.1) is 11.3 Å². The van der Waals surface area contributed by atoms with Gasteiger partial charge in [-0.3, -0.25) is 9.59 Å². The zero-order valence-electron chi connectivity index (χ0n) is 10.9. The number of amides is 1. The van der Waals surface area contributed by atoms with Crippen LogP contribution >= 0.6 is 22.9 Å². The molecule has 1 saturated heterocycles. The summed E-state index contributed by atoms with van der Waals surface area (Å²) in [6.45, 7) is 3.04. The molecule has 1 aliphatic heterocycles. The van der Waals surface area contributed by atoms with Crippen LogP contribution in [0.4, 0.5) is 0 Å². The van der Waals surface area contributed by atoms with Crippen LogP contribution in [0.25, 0.3) is 0 Å². The molecular weight excluding hydrogens is 286 g/mol. The highest BCUT2D eigenvalue weighted by Gasteiger charge is 2.29. The van der Waals surface area contributed by atoms with Crippen molar-refractivity contribution >= 4 is 34.8 Å². The van der Waals surface area contributed by atoms with E-state index in [2.05, 4.69) is 0 Å². The number of likely N-dealkylation sites (tertiary alicyclic amines) is 1. The summed E-state index contributed by atoms with van der Waals surface area (Å²) in [7, 11) is 1.40. The third kappa shape index (κ3) is 2.92. The molecule has 0 atom stereocenters. The molecule has 0 aliphatic carbocycles. The monoisotopic (exact) mass is 301 g/mol. The number of hydrogen-bond acceptors (Lipinski definition) is 4. The Hall–Kier alpha value is -1.07. The van der Waals surface area contributed by atoms with E-state index < -0.39 is 0 Å². The molecule has 2 rings (SSSR count). The molecule has 104 valence electrons. The van der Waals surface area contributed by atoms with Gasteiger partial charge in [0.25, 0.3) is 5.91 Å². The first-order valence-electron chi connectivity index (χ1n) is 6.15. The molecule has 0 radical (unpaired) electrons. The fourth-order valence-corrected chi connectivity index (χ4v) is 3.44. The van der Waals surface area contributed by atoms with Crippen LogP contribution in [0.3, 0.4) is 0 Å². The van der Waals surface area contributed by atoms with Gasteiger partial charge in [0.15, 0.2) is 0 Å². The van der Waals surface area contributed by atoms with E-state index in [0.29, 0.717) is 35.8 Å². The van der Waals surface area contributed by atoms with Crippen molar-refractivity contribution in [3.8, 4) is 0 Å². The zero-order chi connectivity index (χ0) is 14.0. The first-order chi connectivity index (χ1) is 9.04. The van der Waals surface area contributed by atoms with Gasteiger partial charge in [0.1, 0.15) is 4.88 Å². The Morgan fingerprint density at radius 2 is 2.05 bits per heavy atom. The summed E-state index contributed by atoms with van der Waals surface area (Å²) in [5.41, 5.74) is 0.930. The third-order valence-electron chi connectivity index (χ3n) is 3.41. The van der Waals surface area contributed by atoms with Crippen molar-refractivity contribution < 1.29 is 14.3 Å². The first-order valence-corrected chi connectivity index (χ1v) is 7.41. The molecule has 0 bridgehead atoms. The van der Waals surface area contributed by atoms with Crippen LogP contribution < -0.4 is 0 Å². The molecule has 0 aromatic carbocycles. The van der Waals surface area contributed by atoms with Crippen molar-refractivity contribution in [3.63, 3.8) is 0 Å². The average molecular weight is 302 g/mol. The fraction of sp³-hybridized carbons (Fsp3) is 0.538. The summed E-state index contributed by atoms with van der Waals surface area (Å²) in [5, 5.41) is 2.43.